The third-order valence-corrected chi connectivity index (χ3v) is 5.40. The number of rotatable bonds is 2. The number of allylic oxidation sites excluding steroid dienone is 2. The normalized spacial score (nSPS) is 24.7. The number of phenols is 1. The number of halogens is 1. The van der Waals surface area contributed by atoms with E-state index in [1.807, 2.05) is 18.2 Å². The molecule has 2 N–H and O–H groups in total. The molecule has 4 heteroatoms. The summed E-state index contributed by atoms with van der Waals surface area (Å²) >= 11 is 3.57. The third kappa shape index (κ3) is 2.32. The monoisotopic (exact) mass is 371 g/mol. The SMILES string of the molecule is COc1cccc(C2Nc3ccc(Br)cc3C3C=CCC32)c1O. The van der Waals surface area contributed by atoms with E-state index in [1.165, 1.54) is 5.56 Å². The summed E-state index contributed by atoms with van der Waals surface area (Å²) in [5, 5.41) is 14.2. The van der Waals surface area contributed by atoms with Crippen molar-refractivity contribution >= 4 is 21.6 Å². The number of para-hydroxylation sites is 1. The molecule has 3 nitrogen and oxygen atoms in total. The summed E-state index contributed by atoms with van der Waals surface area (Å²) in [7, 11) is 1.58. The fourth-order valence-corrected chi connectivity index (χ4v) is 4.21. The lowest BCUT2D eigenvalue weighted by atomic mass is 9.77. The standard InChI is InChI=1S/C19H18BrNO2/c1-23-17-7-3-6-14(19(17)22)18-13-5-2-4-12(13)15-10-11(20)8-9-16(15)21-18/h2-4,6-10,12-13,18,21-22H,5H2,1H3. The van der Waals surface area contributed by atoms with E-state index in [0.717, 1.165) is 22.1 Å². The van der Waals surface area contributed by atoms with Crippen molar-refractivity contribution in [1.29, 1.82) is 0 Å². The zero-order valence-corrected chi connectivity index (χ0v) is 14.4. The van der Waals surface area contributed by atoms with E-state index in [4.69, 9.17) is 4.74 Å². The molecule has 0 aromatic heterocycles. The Hall–Kier alpha value is -1.94. The summed E-state index contributed by atoms with van der Waals surface area (Å²) in [5.41, 5.74) is 3.35. The van der Waals surface area contributed by atoms with Crippen LogP contribution in [0.5, 0.6) is 11.5 Å². The first-order valence-corrected chi connectivity index (χ1v) is 8.57. The lowest BCUT2D eigenvalue weighted by molar-refractivity contribution is 0.358. The largest absolute Gasteiger partial charge is 0.504 e. The number of benzene rings is 2. The van der Waals surface area contributed by atoms with Crippen molar-refractivity contribution in [1.82, 2.24) is 0 Å². The molecule has 3 unspecified atom stereocenters. The quantitative estimate of drug-likeness (QED) is 0.730. The maximum Gasteiger partial charge on any atom is 0.163 e. The predicted molar refractivity (Wildman–Crippen MR) is 95.2 cm³/mol. The van der Waals surface area contributed by atoms with Gasteiger partial charge in [0.15, 0.2) is 11.5 Å². The highest BCUT2D eigenvalue weighted by atomic mass is 79.9. The smallest absolute Gasteiger partial charge is 0.163 e. The second kappa shape index (κ2) is 5.60. The first-order valence-electron chi connectivity index (χ1n) is 7.77. The minimum absolute atomic E-state index is 0.0683. The van der Waals surface area contributed by atoms with Crippen molar-refractivity contribution in [2.45, 2.75) is 18.4 Å². The Labute approximate surface area is 144 Å². The second-order valence-electron chi connectivity index (χ2n) is 6.11. The highest BCUT2D eigenvalue weighted by Crippen LogP contribution is 2.52. The van der Waals surface area contributed by atoms with Crippen LogP contribution in [0.25, 0.3) is 0 Å². The molecule has 0 amide bonds. The molecule has 1 aliphatic heterocycles. The highest BCUT2D eigenvalue weighted by Gasteiger charge is 2.39. The van der Waals surface area contributed by atoms with Crippen molar-refractivity contribution in [2.75, 3.05) is 12.4 Å². The van der Waals surface area contributed by atoms with Crippen molar-refractivity contribution in [3.63, 3.8) is 0 Å². The van der Waals surface area contributed by atoms with Gasteiger partial charge in [0, 0.05) is 21.6 Å². The van der Waals surface area contributed by atoms with Crippen LogP contribution in [0.1, 0.15) is 29.5 Å². The van der Waals surface area contributed by atoms with Gasteiger partial charge in [0.2, 0.25) is 0 Å². The lowest BCUT2D eigenvalue weighted by Crippen LogP contribution is -2.29. The summed E-state index contributed by atoms with van der Waals surface area (Å²) in [5.74, 6) is 1.53. The number of nitrogens with one attached hydrogen (secondary N) is 1. The fourth-order valence-electron chi connectivity index (χ4n) is 3.83. The zero-order valence-electron chi connectivity index (χ0n) is 12.8. The molecule has 0 saturated carbocycles. The number of ether oxygens (including phenoxy) is 1. The van der Waals surface area contributed by atoms with Crippen molar-refractivity contribution in [2.24, 2.45) is 5.92 Å². The van der Waals surface area contributed by atoms with Crippen LogP contribution >= 0.6 is 15.9 Å². The van der Waals surface area contributed by atoms with Gasteiger partial charge in [0.05, 0.1) is 13.2 Å². The summed E-state index contributed by atoms with van der Waals surface area (Å²) in [6, 6.07) is 12.1. The van der Waals surface area contributed by atoms with Crippen LogP contribution in [0.3, 0.4) is 0 Å². The van der Waals surface area contributed by atoms with E-state index in [-0.39, 0.29) is 11.8 Å². The minimum atomic E-state index is 0.0683. The summed E-state index contributed by atoms with van der Waals surface area (Å²) < 4.78 is 6.37. The van der Waals surface area contributed by atoms with Crippen molar-refractivity contribution in [3.8, 4) is 11.5 Å². The minimum Gasteiger partial charge on any atom is -0.504 e. The van der Waals surface area contributed by atoms with E-state index in [2.05, 4.69) is 45.5 Å². The summed E-state index contributed by atoms with van der Waals surface area (Å²) in [4.78, 5) is 0. The molecule has 0 bridgehead atoms. The molecule has 23 heavy (non-hydrogen) atoms. The lowest BCUT2D eigenvalue weighted by Gasteiger charge is -2.38. The van der Waals surface area contributed by atoms with Gasteiger partial charge >= 0.3 is 0 Å². The van der Waals surface area contributed by atoms with Gasteiger partial charge in [-0.25, -0.2) is 0 Å². The van der Waals surface area contributed by atoms with E-state index in [1.54, 1.807) is 13.2 Å². The van der Waals surface area contributed by atoms with E-state index < -0.39 is 0 Å². The van der Waals surface area contributed by atoms with Gasteiger partial charge in [0.1, 0.15) is 0 Å². The molecule has 2 aromatic rings. The predicted octanol–water partition coefficient (Wildman–Crippen LogP) is 4.99. The first-order chi connectivity index (χ1) is 11.2. The third-order valence-electron chi connectivity index (χ3n) is 4.91. The molecule has 0 fully saturated rings. The van der Waals surface area contributed by atoms with Gasteiger partial charge in [-0.15, -0.1) is 0 Å². The second-order valence-corrected chi connectivity index (χ2v) is 7.02. The molecule has 0 saturated heterocycles. The van der Waals surface area contributed by atoms with Crippen molar-refractivity contribution < 1.29 is 9.84 Å². The van der Waals surface area contributed by atoms with Crippen LogP contribution in [0.2, 0.25) is 0 Å². The van der Waals surface area contributed by atoms with Crippen LogP contribution < -0.4 is 10.1 Å². The van der Waals surface area contributed by atoms with Crippen LogP contribution in [0.15, 0.2) is 53.0 Å². The number of hydrogen-bond donors (Lipinski definition) is 2. The maximum absolute atomic E-state index is 10.6. The Kier molecular flexibility index (Phi) is 3.57. The fraction of sp³-hybridized carbons (Fsp3) is 0.263. The molecule has 1 heterocycles. The Morgan fingerprint density at radius 2 is 2.09 bits per heavy atom. The van der Waals surface area contributed by atoms with Gasteiger partial charge in [-0.05, 0) is 42.2 Å². The molecule has 2 aromatic carbocycles. The number of aromatic hydroxyl groups is 1. The molecule has 0 spiro atoms. The highest BCUT2D eigenvalue weighted by molar-refractivity contribution is 9.10. The number of phenolic OH excluding ortho intramolecular Hbond substituents is 1. The molecule has 1 aliphatic carbocycles. The summed E-state index contributed by atoms with van der Waals surface area (Å²) in [6.45, 7) is 0. The molecule has 118 valence electrons. The van der Waals surface area contributed by atoms with Gasteiger partial charge in [-0.2, -0.15) is 0 Å². The Bertz CT molecular complexity index is 787. The number of anilines is 1. The maximum atomic E-state index is 10.6. The summed E-state index contributed by atoms with van der Waals surface area (Å²) in [6.07, 6.45) is 5.54. The molecular formula is C19H18BrNO2. The number of fused-ring (bicyclic) bond motifs is 3. The Morgan fingerprint density at radius 3 is 2.91 bits per heavy atom. The Morgan fingerprint density at radius 1 is 1.22 bits per heavy atom. The molecule has 4 rings (SSSR count). The average Bonchev–Trinajstić information content (AvgIpc) is 3.05. The number of hydrogen-bond acceptors (Lipinski definition) is 3. The van der Waals surface area contributed by atoms with Gasteiger partial charge in [-0.1, -0.05) is 40.2 Å². The van der Waals surface area contributed by atoms with E-state index >= 15 is 0 Å². The van der Waals surface area contributed by atoms with Crippen LogP contribution in [-0.2, 0) is 0 Å². The van der Waals surface area contributed by atoms with Crippen LogP contribution in [0, 0.1) is 5.92 Å². The molecule has 3 atom stereocenters. The van der Waals surface area contributed by atoms with Gasteiger partial charge < -0.3 is 15.2 Å². The Balaban J connectivity index is 1.81. The van der Waals surface area contributed by atoms with Crippen LogP contribution in [0.4, 0.5) is 5.69 Å². The van der Waals surface area contributed by atoms with E-state index in [0.29, 0.717) is 17.6 Å². The first kappa shape index (κ1) is 14.6. The molecule has 2 aliphatic rings. The van der Waals surface area contributed by atoms with Gasteiger partial charge in [0.25, 0.3) is 0 Å². The van der Waals surface area contributed by atoms with Crippen molar-refractivity contribution in [3.05, 3.63) is 64.1 Å². The van der Waals surface area contributed by atoms with Gasteiger partial charge in [-0.3, -0.25) is 0 Å². The number of methoxy groups -OCH3 is 1. The topological polar surface area (TPSA) is 41.5 Å². The molecule has 0 radical (unpaired) electrons. The van der Waals surface area contributed by atoms with E-state index in [9.17, 15) is 5.11 Å². The van der Waals surface area contributed by atoms with Crippen LogP contribution in [-0.4, -0.2) is 12.2 Å². The molecular weight excluding hydrogens is 354 g/mol. The average molecular weight is 372 g/mol. The zero-order chi connectivity index (χ0) is 16.0.